The fourth-order valence-corrected chi connectivity index (χ4v) is 14.8. The zero-order chi connectivity index (χ0) is 32.5. The molecule has 6 aliphatic rings. The first-order chi connectivity index (χ1) is 21.2. The Labute approximate surface area is 276 Å². The molecule has 0 saturated heterocycles. The van der Waals surface area contributed by atoms with E-state index in [1.54, 1.807) is 0 Å². The topological polar surface area (TPSA) is 80.9 Å². The van der Waals surface area contributed by atoms with Gasteiger partial charge in [-0.25, -0.2) is 0 Å². The summed E-state index contributed by atoms with van der Waals surface area (Å²) in [6.45, 7) is 16.2. The average Bonchev–Trinajstić information content (AvgIpc) is 2.96. The number of aliphatic hydroxyl groups is 4. The van der Waals surface area contributed by atoms with E-state index in [0.717, 1.165) is 43.4 Å². The molecule has 0 bridgehead atoms. The minimum Gasteiger partial charge on any atom is -0.393 e. The van der Waals surface area contributed by atoms with Crippen molar-refractivity contribution < 1.29 is 20.4 Å². The van der Waals surface area contributed by atoms with Gasteiger partial charge in [-0.2, -0.15) is 0 Å². The molecule has 4 nitrogen and oxygen atoms in total. The highest BCUT2D eigenvalue weighted by molar-refractivity contribution is 5.18. The Balaban J connectivity index is 1.17. The van der Waals surface area contributed by atoms with E-state index >= 15 is 0 Å². The summed E-state index contributed by atoms with van der Waals surface area (Å²) in [4.78, 5) is 0. The van der Waals surface area contributed by atoms with E-state index in [2.05, 4.69) is 41.5 Å². The maximum atomic E-state index is 12.5. The molecule has 6 rings (SSSR count). The van der Waals surface area contributed by atoms with Crippen LogP contribution >= 0.6 is 0 Å². The molecule has 15 unspecified atom stereocenters. The standard InChI is InChI=1S/C41H72O4/c1-24-13-18-32(30-16-14-29(15-17-30)20-31(43)19-28-11-9-8-10-12-28)33-22-39(5)23-40(6)21-25(2)34(27(4)42)38(45)41(40,7)26(3)36(39)37(44)35(24)33/h24-38,42-45H,8-23H2,1-7H3. The summed E-state index contributed by atoms with van der Waals surface area (Å²) in [5, 5.41) is 46.4. The van der Waals surface area contributed by atoms with Crippen LogP contribution in [0.2, 0.25) is 0 Å². The zero-order valence-electron chi connectivity index (χ0n) is 30.3. The summed E-state index contributed by atoms with van der Waals surface area (Å²) in [6.07, 6.45) is 18.5. The van der Waals surface area contributed by atoms with E-state index in [1.807, 2.05) is 6.92 Å². The molecule has 260 valence electrons. The van der Waals surface area contributed by atoms with Crippen LogP contribution in [-0.2, 0) is 0 Å². The number of rotatable bonds is 6. The highest BCUT2D eigenvalue weighted by Gasteiger charge is 2.70. The molecule has 45 heavy (non-hydrogen) atoms. The van der Waals surface area contributed by atoms with E-state index in [4.69, 9.17) is 0 Å². The fraction of sp³-hybridized carbons (Fsp3) is 1.00. The van der Waals surface area contributed by atoms with E-state index in [0.29, 0.717) is 23.7 Å². The van der Waals surface area contributed by atoms with E-state index < -0.39 is 12.2 Å². The maximum Gasteiger partial charge on any atom is 0.0656 e. The summed E-state index contributed by atoms with van der Waals surface area (Å²) in [5.74, 6) is 5.02. The molecular weight excluding hydrogens is 556 g/mol. The summed E-state index contributed by atoms with van der Waals surface area (Å²) in [5.41, 5.74) is -0.266. The molecule has 0 aliphatic heterocycles. The van der Waals surface area contributed by atoms with Crippen LogP contribution in [0.25, 0.3) is 0 Å². The van der Waals surface area contributed by atoms with Crippen molar-refractivity contribution in [2.24, 2.45) is 81.3 Å². The summed E-state index contributed by atoms with van der Waals surface area (Å²) < 4.78 is 0. The first kappa shape index (κ1) is 34.7. The van der Waals surface area contributed by atoms with Crippen LogP contribution in [0.5, 0.6) is 0 Å². The lowest BCUT2D eigenvalue weighted by molar-refractivity contribution is -0.280. The van der Waals surface area contributed by atoms with Gasteiger partial charge in [0.05, 0.1) is 24.4 Å². The highest BCUT2D eigenvalue weighted by atomic mass is 16.3. The van der Waals surface area contributed by atoms with Crippen LogP contribution in [0, 0.1) is 81.3 Å². The average molecular weight is 629 g/mol. The van der Waals surface area contributed by atoms with Crippen LogP contribution in [0.1, 0.15) is 151 Å². The van der Waals surface area contributed by atoms with Crippen molar-refractivity contribution in [3.63, 3.8) is 0 Å². The molecule has 0 aromatic carbocycles. The predicted molar refractivity (Wildman–Crippen MR) is 183 cm³/mol. The first-order valence-corrected chi connectivity index (χ1v) is 19.9. The van der Waals surface area contributed by atoms with Gasteiger partial charge < -0.3 is 20.4 Å². The first-order valence-electron chi connectivity index (χ1n) is 19.9. The van der Waals surface area contributed by atoms with Gasteiger partial charge in [0, 0.05) is 11.3 Å². The van der Waals surface area contributed by atoms with Crippen molar-refractivity contribution in [3.8, 4) is 0 Å². The Hall–Kier alpha value is -0.160. The van der Waals surface area contributed by atoms with Crippen molar-refractivity contribution in [1.82, 2.24) is 0 Å². The number of hydrogen-bond acceptors (Lipinski definition) is 4. The van der Waals surface area contributed by atoms with Crippen LogP contribution in [0.3, 0.4) is 0 Å². The van der Waals surface area contributed by atoms with E-state index in [-0.39, 0.29) is 52.1 Å². The molecule has 0 amide bonds. The molecule has 0 aromatic rings. The molecule has 4 N–H and O–H groups in total. The Morgan fingerprint density at radius 3 is 1.96 bits per heavy atom. The molecule has 0 radical (unpaired) electrons. The molecular formula is C41H72O4. The van der Waals surface area contributed by atoms with Gasteiger partial charge in [0.15, 0.2) is 0 Å². The third kappa shape index (κ3) is 5.92. The largest absolute Gasteiger partial charge is 0.393 e. The summed E-state index contributed by atoms with van der Waals surface area (Å²) in [7, 11) is 0. The smallest absolute Gasteiger partial charge is 0.0656 e. The number of fused-ring (bicyclic) bond motifs is 3. The third-order valence-corrected chi connectivity index (χ3v) is 16.9. The zero-order valence-corrected chi connectivity index (χ0v) is 30.3. The molecule has 4 heteroatoms. The molecule has 6 fully saturated rings. The van der Waals surface area contributed by atoms with E-state index in [1.165, 1.54) is 77.0 Å². The molecule has 6 saturated carbocycles. The molecule has 0 spiro atoms. The normalized spacial score (nSPS) is 53.9. The SMILES string of the molecule is CC(O)C1C(C)CC2(C)CC3(C)CC4C(C5CCC(CC(O)CC6CCCCC6)CC5)CCC(C)C4C(O)C3C(C)C2(C)C1O. The van der Waals surface area contributed by atoms with Gasteiger partial charge in [-0.05, 0) is 128 Å². The van der Waals surface area contributed by atoms with Crippen molar-refractivity contribution in [3.05, 3.63) is 0 Å². The minimum absolute atomic E-state index is 0.0131. The summed E-state index contributed by atoms with van der Waals surface area (Å²) in [6, 6.07) is 0. The Kier molecular flexibility index (Phi) is 9.98. The lowest BCUT2D eigenvalue weighted by Gasteiger charge is -2.72. The van der Waals surface area contributed by atoms with Crippen LogP contribution in [0.15, 0.2) is 0 Å². The Morgan fingerprint density at radius 1 is 0.711 bits per heavy atom. The second-order valence-electron chi connectivity index (χ2n) is 19.5. The van der Waals surface area contributed by atoms with Gasteiger partial charge in [0.2, 0.25) is 0 Å². The highest BCUT2D eigenvalue weighted by Crippen LogP contribution is 2.73. The second-order valence-corrected chi connectivity index (χ2v) is 19.5. The van der Waals surface area contributed by atoms with Gasteiger partial charge in [-0.15, -0.1) is 0 Å². The van der Waals surface area contributed by atoms with Crippen molar-refractivity contribution in [2.75, 3.05) is 0 Å². The number of aliphatic hydroxyl groups excluding tert-OH is 4. The fourth-order valence-electron chi connectivity index (χ4n) is 14.8. The van der Waals surface area contributed by atoms with Crippen LogP contribution < -0.4 is 0 Å². The Morgan fingerprint density at radius 2 is 1.33 bits per heavy atom. The maximum absolute atomic E-state index is 12.5. The Bertz CT molecular complexity index is 999. The number of hydrogen-bond donors (Lipinski definition) is 4. The molecule has 0 aromatic heterocycles. The van der Waals surface area contributed by atoms with E-state index in [9.17, 15) is 20.4 Å². The quantitative estimate of drug-likeness (QED) is 0.237. The summed E-state index contributed by atoms with van der Waals surface area (Å²) >= 11 is 0. The predicted octanol–water partition coefficient (Wildman–Crippen LogP) is 8.63. The van der Waals surface area contributed by atoms with Gasteiger partial charge in [0.25, 0.3) is 0 Å². The van der Waals surface area contributed by atoms with Crippen LogP contribution in [-0.4, -0.2) is 44.8 Å². The van der Waals surface area contributed by atoms with Crippen molar-refractivity contribution >= 4 is 0 Å². The van der Waals surface area contributed by atoms with Crippen molar-refractivity contribution in [2.45, 2.75) is 176 Å². The molecule has 0 heterocycles. The molecule has 6 aliphatic carbocycles. The lowest BCUT2D eigenvalue weighted by atomic mass is 9.34. The van der Waals surface area contributed by atoms with Crippen LogP contribution in [0.4, 0.5) is 0 Å². The molecule has 15 atom stereocenters. The van der Waals surface area contributed by atoms with Gasteiger partial charge in [0.1, 0.15) is 0 Å². The van der Waals surface area contributed by atoms with Crippen molar-refractivity contribution in [1.29, 1.82) is 0 Å². The van der Waals surface area contributed by atoms with Gasteiger partial charge in [-0.1, -0.05) is 92.9 Å². The monoisotopic (exact) mass is 629 g/mol. The minimum atomic E-state index is -0.552. The lowest BCUT2D eigenvalue weighted by Crippen LogP contribution is -2.70. The second kappa shape index (κ2) is 12.9. The third-order valence-electron chi connectivity index (χ3n) is 16.9. The van der Waals surface area contributed by atoms with Gasteiger partial charge in [-0.3, -0.25) is 0 Å². The van der Waals surface area contributed by atoms with Gasteiger partial charge >= 0.3 is 0 Å².